The van der Waals surface area contributed by atoms with Crippen molar-refractivity contribution in [2.45, 2.75) is 39.6 Å². The standard InChI is InChI=1S/C14H20BrNO2Si/c1-6-17-11-8-7-10(2)13(14(11)15)12(9-16)18-19(3,4)5/h7-8,12H,6H2,1-5H3. The highest BCUT2D eigenvalue weighted by Gasteiger charge is 2.26. The zero-order chi connectivity index (χ0) is 14.6. The van der Waals surface area contributed by atoms with Crippen LogP contribution in [0.1, 0.15) is 24.2 Å². The largest absolute Gasteiger partial charge is 0.493 e. The summed E-state index contributed by atoms with van der Waals surface area (Å²) in [4.78, 5) is 0. The third kappa shape index (κ3) is 4.34. The van der Waals surface area contributed by atoms with E-state index >= 15 is 0 Å². The minimum atomic E-state index is -1.79. The van der Waals surface area contributed by atoms with E-state index in [1.807, 2.05) is 26.0 Å². The van der Waals surface area contributed by atoms with Crippen molar-refractivity contribution in [2.75, 3.05) is 6.61 Å². The molecule has 0 saturated heterocycles. The van der Waals surface area contributed by atoms with Gasteiger partial charge in [-0.2, -0.15) is 5.26 Å². The normalized spacial score (nSPS) is 12.9. The lowest BCUT2D eigenvalue weighted by Gasteiger charge is -2.24. The molecule has 0 N–H and O–H groups in total. The summed E-state index contributed by atoms with van der Waals surface area (Å²) < 4.78 is 12.3. The van der Waals surface area contributed by atoms with Gasteiger partial charge in [-0.25, -0.2) is 0 Å². The molecule has 1 aromatic carbocycles. The van der Waals surface area contributed by atoms with Crippen molar-refractivity contribution < 1.29 is 9.16 Å². The van der Waals surface area contributed by atoms with Crippen LogP contribution in [0.2, 0.25) is 19.6 Å². The molecule has 0 heterocycles. The molecule has 1 rings (SSSR count). The molecule has 0 radical (unpaired) electrons. The average Bonchev–Trinajstić information content (AvgIpc) is 2.30. The number of halogens is 1. The summed E-state index contributed by atoms with van der Waals surface area (Å²) in [5, 5.41) is 9.40. The van der Waals surface area contributed by atoms with Crippen LogP contribution in [0.3, 0.4) is 0 Å². The lowest BCUT2D eigenvalue weighted by atomic mass is 10.0. The van der Waals surface area contributed by atoms with E-state index in [0.717, 1.165) is 21.3 Å². The SMILES string of the molecule is CCOc1ccc(C)c(C(C#N)O[Si](C)(C)C)c1Br. The van der Waals surface area contributed by atoms with Crippen LogP contribution in [0.4, 0.5) is 0 Å². The first kappa shape index (κ1) is 16.2. The van der Waals surface area contributed by atoms with Gasteiger partial charge in [-0.3, -0.25) is 0 Å². The van der Waals surface area contributed by atoms with Gasteiger partial charge in [0.15, 0.2) is 14.4 Å². The van der Waals surface area contributed by atoms with Gasteiger partial charge in [0, 0.05) is 5.56 Å². The maximum absolute atomic E-state index is 9.40. The highest BCUT2D eigenvalue weighted by molar-refractivity contribution is 9.10. The Bertz CT molecular complexity index is 491. The first-order chi connectivity index (χ1) is 8.80. The van der Waals surface area contributed by atoms with Crippen LogP contribution in [0.25, 0.3) is 0 Å². The summed E-state index contributed by atoms with van der Waals surface area (Å²) in [5.41, 5.74) is 1.90. The Morgan fingerprint density at radius 2 is 2.00 bits per heavy atom. The van der Waals surface area contributed by atoms with Gasteiger partial charge in [-0.15, -0.1) is 0 Å². The van der Waals surface area contributed by atoms with Gasteiger partial charge in [0.2, 0.25) is 0 Å². The maximum atomic E-state index is 9.40. The molecule has 0 bridgehead atoms. The molecular weight excluding hydrogens is 322 g/mol. The molecule has 0 aromatic heterocycles. The highest BCUT2D eigenvalue weighted by Crippen LogP contribution is 2.37. The average molecular weight is 342 g/mol. The van der Waals surface area contributed by atoms with E-state index in [1.54, 1.807) is 0 Å². The van der Waals surface area contributed by atoms with Crippen LogP contribution in [-0.2, 0) is 4.43 Å². The molecule has 104 valence electrons. The molecule has 19 heavy (non-hydrogen) atoms. The zero-order valence-corrected chi connectivity index (χ0v) is 14.7. The van der Waals surface area contributed by atoms with Crippen molar-refractivity contribution in [1.29, 1.82) is 5.26 Å². The van der Waals surface area contributed by atoms with Gasteiger partial charge in [0.1, 0.15) is 5.75 Å². The summed E-state index contributed by atoms with van der Waals surface area (Å²) >= 11 is 3.54. The van der Waals surface area contributed by atoms with E-state index in [1.165, 1.54) is 0 Å². The second-order valence-corrected chi connectivity index (χ2v) is 10.5. The van der Waals surface area contributed by atoms with Gasteiger partial charge >= 0.3 is 0 Å². The number of hydrogen-bond donors (Lipinski definition) is 0. The molecule has 5 heteroatoms. The third-order valence-corrected chi connectivity index (χ3v) is 4.27. The van der Waals surface area contributed by atoms with Crippen LogP contribution >= 0.6 is 15.9 Å². The zero-order valence-electron chi connectivity index (χ0n) is 12.1. The molecule has 0 fully saturated rings. The minimum Gasteiger partial charge on any atom is -0.493 e. The van der Waals surface area contributed by atoms with E-state index in [0.29, 0.717) is 6.61 Å². The van der Waals surface area contributed by atoms with Crippen molar-refractivity contribution in [1.82, 2.24) is 0 Å². The molecule has 0 amide bonds. The Morgan fingerprint density at radius 3 is 2.47 bits per heavy atom. The van der Waals surface area contributed by atoms with Crippen molar-refractivity contribution in [3.05, 3.63) is 27.7 Å². The molecule has 0 aliphatic heterocycles. The first-order valence-corrected chi connectivity index (χ1v) is 10.5. The number of aryl methyl sites for hydroxylation is 1. The van der Waals surface area contributed by atoms with Gasteiger partial charge in [0.25, 0.3) is 0 Å². The smallest absolute Gasteiger partial charge is 0.186 e. The number of nitrogens with zero attached hydrogens (tertiary/aromatic N) is 1. The number of benzene rings is 1. The summed E-state index contributed by atoms with van der Waals surface area (Å²) in [6.45, 7) is 10.7. The van der Waals surface area contributed by atoms with Gasteiger partial charge < -0.3 is 9.16 Å². The van der Waals surface area contributed by atoms with Crippen molar-refractivity contribution in [2.24, 2.45) is 0 Å². The molecule has 0 saturated carbocycles. The fourth-order valence-electron chi connectivity index (χ4n) is 1.76. The van der Waals surface area contributed by atoms with E-state index in [4.69, 9.17) is 9.16 Å². The molecular formula is C14H20BrNO2Si. The summed E-state index contributed by atoms with van der Waals surface area (Å²) in [5.74, 6) is 0.752. The van der Waals surface area contributed by atoms with Crippen molar-refractivity contribution in [3.63, 3.8) is 0 Å². The number of ether oxygens (including phenoxy) is 1. The monoisotopic (exact) mass is 341 g/mol. The van der Waals surface area contributed by atoms with Crippen LogP contribution < -0.4 is 4.74 Å². The second-order valence-electron chi connectivity index (χ2n) is 5.28. The van der Waals surface area contributed by atoms with Gasteiger partial charge in [-0.05, 0) is 61.0 Å². The summed E-state index contributed by atoms with van der Waals surface area (Å²) in [6, 6.07) is 6.13. The van der Waals surface area contributed by atoms with Crippen LogP contribution in [0.15, 0.2) is 16.6 Å². The quantitative estimate of drug-likeness (QED) is 0.736. The van der Waals surface area contributed by atoms with Crippen molar-refractivity contribution >= 4 is 24.2 Å². The van der Waals surface area contributed by atoms with Crippen molar-refractivity contribution in [3.8, 4) is 11.8 Å². The highest BCUT2D eigenvalue weighted by atomic mass is 79.9. The lowest BCUT2D eigenvalue weighted by molar-refractivity contribution is 0.252. The van der Waals surface area contributed by atoms with Gasteiger partial charge in [0.05, 0.1) is 17.1 Å². The number of rotatable bonds is 5. The molecule has 0 aliphatic rings. The van der Waals surface area contributed by atoms with E-state index in [-0.39, 0.29) is 0 Å². The predicted molar refractivity (Wildman–Crippen MR) is 82.8 cm³/mol. The van der Waals surface area contributed by atoms with E-state index in [2.05, 4.69) is 41.6 Å². The maximum Gasteiger partial charge on any atom is 0.186 e. The topological polar surface area (TPSA) is 42.2 Å². The Kier molecular flexibility index (Phi) is 5.59. The molecule has 0 spiro atoms. The number of nitriles is 1. The Labute approximate surface area is 124 Å². The molecule has 0 aliphatic carbocycles. The van der Waals surface area contributed by atoms with Gasteiger partial charge in [-0.1, -0.05) is 6.07 Å². The van der Waals surface area contributed by atoms with E-state index < -0.39 is 14.4 Å². The van der Waals surface area contributed by atoms with Crippen LogP contribution in [0, 0.1) is 18.3 Å². The fourth-order valence-corrected chi connectivity index (χ4v) is 3.41. The first-order valence-electron chi connectivity index (χ1n) is 6.29. The molecule has 1 aromatic rings. The molecule has 1 unspecified atom stereocenters. The Balaban J connectivity index is 3.23. The predicted octanol–water partition coefficient (Wildman–Crippen LogP) is 4.57. The van der Waals surface area contributed by atoms with E-state index in [9.17, 15) is 5.26 Å². The lowest BCUT2D eigenvalue weighted by Crippen LogP contribution is -2.28. The Morgan fingerprint density at radius 1 is 1.37 bits per heavy atom. The third-order valence-electron chi connectivity index (χ3n) is 2.51. The van der Waals surface area contributed by atoms with Crippen LogP contribution in [0.5, 0.6) is 5.75 Å². The Hall–Kier alpha value is -0.833. The second kappa shape index (κ2) is 6.55. The minimum absolute atomic E-state index is 0.554. The molecule has 1 atom stereocenters. The fraction of sp³-hybridized carbons (Fsp3) is 0.500. The summed E-state index contributed by atoms with van der Waals surface area (Å²) in [7, 11) is -1.79. The summed E-state index contributed by atoms with van der Waals surface area (Å²) in [6.07, 6.45) is -0.554. The van der Waals surface area contributed by atoms with Crippen LogP contribution in [-0.4, -0.2) is 14.9 Å². The number of hydrogen-bond acceptors (Lipinski definition) is 3. The molecule has 3 nitrogen and oxygen atoms in total.